The summed E-state index contributed by atoms with van der Waals surface area (Å²) in [7, 11) is -5.64. The molecule has 8 nitrogen and oxygen atoms in total. The first-order valence-corrected chi connectivity index (χ1v) is 12.5. The van der Waals surface area contributed by atoms with Gasteiger partial charge in [-0.1, -0.05) is 0 Å². The molecule has 0 aliphatic carbocycles. The number of rotatable bonds is 3. The first kappa shape index (κ1) is 24.7. The molecule has 0 aromatic heterocycles. The first-order chi connectivity index (χ1) is 15.9. The molecule has 3 amide bonds. The van der Waals surface area contributed by atoms with E-state index < -0.39 is 26.1 Å². The second kappa shape index (κ2) is 9.33. The summed E-state index contributed by atoms with van der Waals surface area (Å²) in [4.78, 5) is 26.8. The van der Waals surface area contributed by atoms with Crippen LogP contribution in [0.5, 0.6) is 0 Å². The van der Waals surface area contributed by atoms with Crippen LogP contribution in [0.4, 0.5) is 22.4 Å². The average molecular weight is 508 g/mol. The number of alkyl halides is 3. The van der Waals surface area contributed by atoms with Crippen molar-refractivity contribution < 1.29 is 40.3 Å². The number of nitrogens with zero attached hydrogens (tertiary/aromatic N) is 2. The van der Waals surface area contributed by atoms with Gasteiger partial charge in [0, 0.05) is 26.2 Å². The highest BCUT2D eigenvalue weighted by Gasteiger charge is 2.47. The number of sulfone groups is 1. The molecule has 188 valence electrons. The Bertz CT molecular complexity index is 1060. The smallest absolute Gasteiger partial charge is 0.366 e. The van der Waals surface area contributed by atoms with Gasteiger partial charge >= 0.3 is 11.5 Å². The van der Waals surface area contributed by atoms with Crippen molar-refractivity contribution in [3.63, 3.8) is 0 Å². The minimum atomic E-state index is -5.64. The molecule has 0 saturated carbocycles. The van der Waals surface area contributed by atoms with Gasteiger partial charge in [0.2, 0.25) is 5.91 Å². The molecule has 0 radical (unpaired) electrons. The zero-order valence-corrected chi connectivity index (χ0v) is 19.0. The minimum Gasteiger partial charge on any atom is -0.366 e. The first-order valence-electron chi connectivity index (χ1n) is 11.0. The van der Waals surface area contributed by atoms with Crippen molar-refractivity contribution in [1.82, 2.24) is 15.1 Å². The van der Waals surface area contributed by atoms with Crippen LogP contribution in [-0.2, 0) is 25.8 Å². The highest BCUT2D eigenvalue weighted by Crippen LogP contribution is 2.32. The van der Waals surface area contributed by atoms with Crippen LogP contribution in [0.15, 0.2) is 23.1 Å². The Kier molecular flexibility index (Phi) is 6.78. The number of amides is 3. The molecule has 13 heteroatoms. The Balaban J connectivity index is 1.34. The van der Waals surface area contributed by atoms with E-state index in [0.717, 1.165) is 12.1 Å². The lowest BCUT2D eigenvalue weighted by Crippen LogP contribution is -2.62. The SMILES string of the molecule is O=C1CO[C@H]2CCN(C(=O)N3CCC(Cc4cc(F)cc(S(=O)(=O)C(F)(F)F)c4)CC3)C[C@H]2N1. The Hall–Kier alpha value is -2.41. The number of likely N-dealkylation sites (tertiary alicyclic amines) is 2. The summed E-state index contributed by atoms with van der Waals surface area (Å²) < 4.78 is 81.2. The Labute approximate surface area is 194 Å². The molecule has 1 aromatic carbocycles. The van der Waals surface area contributed by atoms with Gasteiger partial charge in [0.15, 0.2) is 0 Å². The molecule has 0 spiro atoms. The summed E-state index contributed by atoms with van der Waals surface area (Å²) in [5, 5.41) is 2.85. The number of ether oxygens (including phenoxy) is 1. The number of carbonyl (C=O) groups excluding carboxylic acids is 2. The predicted octanol–water partition coefficient (Wildman–Crippen LogP) is 2.08. The molecule has 4 rings (SSSR count). The zero-order valence-electron chi connectivity index (χ0n) is 18.2. The number of morpholine rings is 1. The summed E-state index contributed by atoms with van der Waals surface area (Å²) in [6.07, 6.45) is 1.81. The maximum Gasteiger partial charge on any atom is 0.501 e. The number of hydrogen-bond donors (Lipinski definition) is 1. The maximum atomic E-state index is 13.9. The van der Waals surface area contributed by atoms with E-state index in [9.17, 15) is 35.6 Å². The predicted molar refractivity (Wildman–Crippen MR) is 111 cm³/mol. The topological polar surface area (TPSA) is 96.0 Å². The molecule has 3 saturated heterocycles. The van der Waals surface area contributed by atoms with Gasteiger partial charge < -0.3 is 19.9 Å². The van der Waals surface area contributed by atoms with Gasteiger partial charge in [-0.3, -0.25) is 4.79 Å². The number of benzene rings is 1. The summed E-state index contributed by atoms with van der Waals surface area (Å²) in [6, 6.07) is 1.88. The monoisotopic (exact) mass is 507 g/mol. The third-order valence-electron chi connectivity index (χ3n) is 6.55. The molecule has 34 heavy (non-hydrogen) atoms. The van der Waals surface area contributed by atoms with Crippen LogP contribution >= 0.6 is 0 Å². The summed E-state index contributed by atoms with van der Waals surface area (Å²) in [6.45, 7) is 1.72. The van der Waals surface area contributed by atoms with Crippen molar-refractivity contribution in [1.29, 1.82) is 0 Å². The molecule has 1 N–H and O–H groups in total. The van der Waals surface area contributed by atoms with E-state index >= 15 is 0 Å². The van der Waals surface area contributed by atoms with Crippen LogP contribution < -0.4 is 5.32 Å². The lowest BCUT2D eigenvalue weighted by molar-refractivity contribution is -0.139. The third-order valence-corrected chi connectivity index (χ3v) is 8.02. The molecule has 0 bridgehead atoms. The molecule has 3 fully saturated rings. The fourth-order valence-corrected chi connectivity index (χ4v) is 5.60. The van der Waals surface area contributed by atoms with Crippen molar-refractivity contribution in [3.05, 3.63) is 29.6 Å². The number of halogens is 4. The van der Waals surface area contributed by atoms with Gasteiger partial charge in [-0.15, -0.1) is 0 Å². The van der Waals surface area contributed by atoms with Crippen LogP contribution in [0, 0.1) is 11.7 Å². The Morgan fingerprint density at radius 2 is 1.76 bits per heavy atom. The normalized spacial score (nSPS) is 24.5. The Morgan fingerprint density at radius 3 is 2.44 bits per heavy atom. The van der Waals surface area contributed by atoms with E-state index in [4.69, 9.17) is 4.74 Å². The van der Waals surface area contributed by atoms with Crippen LogP contribution in [0.2, 0.25) is 0 Å². The second-order valence-electron chi connectivity index (χ2n) is 8.92. The number of hydrogen-bond acceptors (Lipinski definition) is 5. The summed E-state index contributed by atoms with van der Waals surface area (Å²) in [5.74, 6) is -1.29. The number of carbonyl (C=O) groups is 2. The molecular formula is C21H25F4N3O5S. The van der Waals surface area contributed by atoms with E-state index in [1.165, 1.54) is 0 Å². The molecule has 3 aliphatic heterocycles. The fourth-order valence-electron chi connectivity index (χ4n) is 4.76. The van der Waals surface area contributed by atoms with E-state index in [1.54, 1.807) is 9.80 Å². The van der Waals surface area contributed by atoms with Crippen molar-refractivity contribution >= 4 is 21.8 Å². The van der Waals surface area contributed by atoms with Crippen molar-refractivity contribution in [2.45, 2.75) is 48.2 Å². The molecule has 1 aromatic rings. The van der Waals surface area contributed by atoms with Crippen LogP contribution in [0.25, 0.3) is 0 Å². The lowest BCUT2D eigenvalue weighted by atomic mass is 9.90. The van der Waals surface area contributed by atoms with Crippen LogP contribution in [0.1, 0.15) is 24.8 Å². The van der Waals surface area contributed by atoms with Crippen molar-refractivity contribution in [3.8, 4) is 0 Å². The third kappa shape index (κ3) is 5.14. The standard InChI is InChI=1S/C21H25F4N3O5S/c22-15-8-14(9-16(10-15)34(31,32)21(23,24)25)7-13-1-4-27(5-2-13)20(30)28-6-3-18-17(11-28)26-19(29)12-33-18/h8-10,13,17-18H,1-7,11-12H2,(H,26,29)/t17-,18+/m1/s1. The maximum absolute atomic E-state index is 13.9. The largest absolute Gasteiger partial charge is 0.501 e. The quantitative estimate of drug-likeness (QED) is 0.633. The number of fused-ring (bicyclic) bond motifs is 1. The highest BCUT2D eigenvalue weighted by atomic mass is 32.2. The van der Waals surface area contributed by atoms with Gasteiger partial charge in [-0.2, -0.15) is 13.2 Å². The number of piperidine rings is 2. The van der Waals surface area contributed by atoms with Crippen molar-refractivity contribution in [2.75, 3.05) is 32.8 Å². The molecule has 2 atom stereocenters. The molecule has 3 aliphatic rings. The second-order valence-corrected chi connectivity index (χ2v) is 10.9. The summed E-state index contributed by atoms with van der Waals surface area (Å²) >= 11 is 0. The molecule has 0 unspecified atom stereocenters. The summed E-state index contributed by atoms with van der Waals surface area (Å²) in [5.41, 5.74) is -5.34. The van der Waals surface area contributed by atoms with E-state index in [2.05, 4.69) is 5.32 Å². The van der Waals surface area contributed by atoms with E-state index in [1.807, 2.05) is 0 Å². The van der Waals surface area contributed by atoms with Crippen LogP contribution in [-0.4, -0.2) is 80.6 Å². The van der Waals surface area contributed by atoms with E-state index in [-0.39, 0.29) is 48.6 Å². The lowest BCUT2D eigenvalue weighted by Gasteiger charge is -2.43. The highest BCUT2D eigenvalue weighted by molar-refractivity contribution is 7.92. The van der Waals surface area contributed by atoms with Crippen molar-refractivity contribution in [2.24, 2.45) is 5.92 Å². The molecular weight excluding hydrogens is 482 g/mol. The van der Waals surface area contributed by atoms with E-state index in [0.29, 0.717) is 51.5 Å². The number of nitrogens with one attached hydrogen (secondary N) is 1. The number of urea groups is 1. The Morgan fingerprint density at radius 1 is 1.09 bits per heavy atom. The van der Waals surface area contributed by atoms with Gasteiger partial charge in [-0.05, 0) is 55.4 Å². The van der Waals surface area contributed by atoms with Gasteiger partial charge in [0.05, 0.1) is 17.0 Å². The van der Waals surface area contributed by atoms with Gasteiger partial charge in [-0.25, -0.2) is 17.6 Å². The minimum absolute atomic E-state index is 0.0254. The fraction of sp³-hybridized carbons (Fsp3) is 0.619. The average Bonchev–Trinajstić information content (AvgIpc) is 2.77. The zero-order chi connectivity index (χ0) is 24.7. The van der Waals surface area contributed by atoms with Crippen LogP contribution in [0.3, 0.4) is 0 Å². The van der Waals surface area contributed by atoms with Gasteiger partial charge in [0.25, 0.3) is 9.84 Å². The van der Waals surface area contributed by atoms with Gasteiger partial charge in [0.1, 0.15) is 12.4 Å². The molecule has 3 heterocycles.